The molecule has 0 radical (unpaired) electrons. The van der Waals surface area contributed by atoms with E-state index < -0.39 is 17.1 Å². The van der Waals surface area contributed by atoms with Crippen molar-refractivity contribution in [3.63, 3.8) is 0 Å². The van der Waals surface area contributed by atoms with Crippen molar-refractivity contribution in [3.8, 4) is 5.75 Å². The molecule has 2 bridgehead atoms. The molecule has 0 aromatic heterocycles. The lowest BCUT2D eigenvalue weighted by Gasteiger charge is -2.64. The average Bonchev–Trinajstić information content (AvgIpc) is 3.55. The lowest BCUT2D eigenvalue weighted by molar-refractivity contribution is -0.178. The number of amides is 1. The van der Waals surface area contributed by atoms with Crippen LogP contribution in [0.5, 0.6) is 5.75 Å². The molecular formula is C25H34N2O4. The third kappa shape index (κ3) is 3.21. The van der Waals surface area contributed by atoms with Gasteiger partial charge in [-0.2, -0.15) is 0 Å². The van der Waals surface area contributed by atoms with Crippen LogP contribution in [0.3, 0.4) is 0 Å². The van der Waals surface area contributed by atoms with Crippen molar-refractivity contribution in [2.75, 3.05) is 20.2 Å². The van der Waals surface area contributed by atoms with Gasteiger partial charge in [-0.05, 0) is 61.4 Å². The van der Waals surface area contributed by atoms with Crippen LogP contribution in [-0.4, -0.2) is 59.6 Å². The van der Waals surface area contributed by atoms with Crippen LogP contribution in [0.15, 0.2) is 18.2 Å². The minimum absolute atomic E-state index is 0.0312. The summed E-state index contributed by atoms with van der Waals surface area (Å²) in [6.07, 6.45) is 4.61. The molecule has 0 spiro atoms. The van der Waals surface area contributed by atoms with Crippen LogP contribution < -0.4 is 10.1 Å². The van der Waals surface area contributed by atoms with Crippen LogP contribution in [0.2, 0.25) is 0 Å². The standard InChI is InChI=1S/C25H34N2O4/c1-15(2)23(29)26-20-12-25(30)22-10-17-6-7-18(31-3)11-19(17)24(25,13-21(20)28)8-9-27(22)14-16-4-5-16/h6-7,11,15-16,20,22,30H,4-5,8-10,12-14H2,1-3H3,(H,26,29)/t20-,22-,24-,25-/m1/s1. The maximum atomic E-state index is 13.3. The van der Waals surface area contributed by atoms with Gasteiger partial charge in [0.05, 0.1) is 18.8 Å². The smallest absolute Gasteiger partial charge is 0.223 e. The summed E-state index contributed by atoms with van der Waals surface area (Å²) in [4.78, 5) is 28.2. The van der Waals surface area contributed by atoms with E-state index in [1.54, 1.807) is 7.11 Å². The predicted molar refractivity (Wildman–Crippen MR) is 117 cm³/mol. The van der Waals surface area contributed by atoms with Gasteiger partial charge in [0.1, 0.15) is 5.75 Å². The summed E-state index contributed by atoms with van der Waals surface area (Å²) in [6.45, 7) is 5.57. The first-order valence-electron chi connectivity index (χ1n) is 11.7. The molecule has 1 heterocycles. The SMILES string of the molecule is COc1ccc2c(c1)[C@]13CCN(CC4CC4)[C@H](C2)[C@]1(O)C[C@@H](NC(=O)C(C)C)C(=O)C3. The monoisotopic (exact) mass is 426 g/mol. The number of carbonyl (C=O) groups excluding carboxylic acids is 2. The lowest BCUT2D eigenvalue weighted by Crippen LogP contribution is -2.76. The van der Waals surface area contributed by atoms with Crippen LogP contribution in [0.25, 0.3) is 0 Å². The summed E-state index contributed by atoms with van der Waals surface area (Å²) in [5, 5.41) is 15.4. The van der Waals surface area contributed by atoms with Crippen LogP contribution >= 0.6 is 0 Å². The third-order valence-electron chi connectivity index (χ3n) is 8.30. The average molecular weight is 427 g/mol. The van der Waals surface area contributed by atoms with Crippen molar-refractivity contribution >= 4 is 11.7 Å². The molecule has 0 unspecified atom stereocenters. The third-order valence-corrected chi connectivity index (χ3v) is 8.30. The number of benzene rings is 1. The van der Waals surface area contributed by atoms with E-state index in [-0.39, 0.29) is 36.5 Å². The first kappa shape index (κ1) is 21.0. The van der Waals surface area contributed by atoms with Gasteiger partial charge >= 0.3 is 0 Å². The summed E-state index contributed by atoms with van der Waals surface area (Å²) in [5.41, 5.74) is 0.616. The van der Waals surface area contributed by atoms with Crippen molar-refractivity contribution in [3.05, 3.63) is 29.3 Å². The molecule has 1 amide bonds. The molecule has 1 saturated heterocycles. The van der Waals surface area contributed by atoms with Gasteiger partial charge in [-0.25, -0.2) is 0 Å². The Bertz CT molecular complexity index is 911. The Morgan fingerprint density at radius 3 is 2.81 bits per heavy atom. The van der Waals surface area contributed by atoms with Gasteiger partial charge < -0.3 is 15.2 Å². The Labute approximate surface area is 184 Å². The number of nitrogens with zero attached hydrogens (tertiary/aromatic N) is 1. The largest absolute Gasteiger partial charge is 0.497 e. The molecule has 2 saturated carbocycles. The lowest BCUT2D eigenvalue weighted by atomic mass is 9.48. The fourth-order valence-electron chi connectivity index (χ4n) is 6.34. The number of likely N-dealkylation sites (tertiary alicyclic amines) is 1. The number of nitrogens with one attached hydrogen (secondary N) is 1. The predicted octanol–water partition coefficient (Wildman–Crippen LogP) is 2.21. The number of fused-ring (bicyclic) bond motifs is 1. The highest BCUT2D eigenvalue weighted by Crippen LogP contribution is 2.58. The number of hydrogen-bond acceptors (Lipinski definition) is 5. The van der Waals surface area contributed by atoms with Gasteiger partial charge in [0.2, 0.25) is 5.91 Å². The van der Waals surface area contributed by atoms with Crippen molar-refractivity contribution < 1.29 is 19.4 Å². The summed E-state index contributed by atoms with van der Waals surface area (Å²) < 4.78 is 5.50. The normalized spacial score (nSPS) is 34.8. The number of hydrogen-bond donors (Lipinski definition) is 2. The number of ketones is 1. The zero-order valence-electron chi connectivity index (χ0n) is 18.8. The van der Waals surface area contributed by atoms with E-state index in [9.17, 15) is 14.7 Å². The number of Topliss-reactive ketones (excluding diaryl/α,β-unsaturated/α-hetero) is 1. The van der Waals surface area contributed by atoms with Crippen molar-refractivity contribution in [1.29, 1.82) is 0 Å². The fourth-order valence-corrected chi connectivity index (χ4v) is 6.34. The minimum atomic E-state index is -1.05. The highest BCUT2D eigenvalue weighted by molar-refractivity contribution is 5.92. The Kier molecular flexibility index (Phi) is 4.94. The molecule has 4 aliphatic rings. The summed E-state index contributed by atoms with van der Waals surface area (Å²) in [6, 6.07) is 5.47. The number of methoxy groups -OCH3 is 1. The molecule has 1 aliphatic heterocycles. The van der Waals surface area contributed by atoms with E-state index in [4.69, 9.17) is 4.74 Å². The summed E-state index contributed by atoms with van der Waals surface area (Å²) in [5.74, 6) is 1.20. The second kappa shape index (κ2) is 7.31. The quantitative estimate of drug-likeness (QED) is 0.755. The van der Waals surface area contributed by atoms with Gasteiger partial charge in [0.15, 0.2) is 5.78 Å². The zero-order chi connectivity index (χ0) is 22.0. The van der Waals surface area contributed by atoms with Gasteiger partial charge in [-0.15, -0.1) is 0 Å². The Balaban J connectivity index is 1.57. The molecule has 168 valence electrons. The first-order chi connectivity index (χ1) is 14.8. The maximum Gasteiger partial charge on any atom is 0.223 e. The van der Waals surface area contributed by atoms with Gasteiger partial charge in [-0.1, -0.05) is 19.9 Å². The zero-order valence-corrected chi connectivity index (χ0v) is 18.8. The number of ether oxygens (including phenoxy) is 1. The van der Waals surface area contributed by atoms with Crippen LogP contribution in [-0.2, 0) is 21.4 Å². The van der Waals surface area contributed by atoms with Gasteiger partial charge in [-0.3, -0.25) is 14.5 Å². The van der Waals surface area contributed by atoms with Crippen LogP contribution in [0.4, 0.5) is 0 Å². The number of piperidine rings is 1. The van der Waals surface area contributed by atoms with E-state index in [1.165, 1.54) is 18.4 Å². The second-order valence-corrected chi connectivity index (χ2v) is 10.5. The molecule has 5 rings (SSSR count). The molecule has 3 aliphatic carbocycles. The van der Waals surface area contributed by atoms with Crippen molar-refractivity contribution in [1.82, 2.24) is 10.2 Å². The number of rotatable bonds is 5. The summed E-state index contributed by atoms with van der Waals surface area (Å²) in [7, 11) is 1.65. The summed E-state index contributed by atoms with van der Waals surface area (Å²) >= 11 is 0. The molecule has 6 nitrogen and oxygen atoms in total. The Hall–Kier alpha value is -1.92. The molecule has 31 heavy (non-hydrogen) atoms. The Morgan fingerprint density at radius 1 is 1.35 bits per heavy atom. The van der Waals surface area contributed by atoms with Crippen molar-refractivity contribution in [2.24, 2.45) is 11.8 Å². The molecular weight excluding hydrogens is 392 g/mol. The van der Waals surface area contributed by atoms with E-state index in [0.29, 0.717) is 0 Å². The maximum absolute atomic E-state index is 13.3. The molecule has 1 aromatic carbocycles. The minimum Gasteiger partial charge on any atom is -0.497 e. The Morgan fingerprint density at radius 2 is 2.13 bits per heavy atom. The van der Waals surface area contributed by atoms with E-state index >= 15 is 0 Å². The van der Waals surface area contributed by atoms with Gasteiger partial charge in [0, 0.05) is 36.8 Å². The molecule has 6 heteroatoms. The first-order valence-corrected chi connectivity index (χ1v) is 11.7. The fraction of sp³-hybridized carbons (Fsp3) is 0.680. The van der Waals surface area contributed by atoms with E-state index in [0.717, 1.165) is 43.2 Å². The van der Waals surface area contributed by atoms with Crippen LogP contribution in [0.1, 0.15) is 57.1 Å². The number of aliphatic hydroxyl groups is 1. The molecule has 2 N–H and O–H groups in total. The topological polar surface area (TPSA) is 78.9 Å². The van der Waals surface area contributed by atoms with E-state index in [2.05, 4.69) is 16.3 Å². The van der Waals surface area contributed by atoms with Gasteiger partial charge in [0.25, 0.3) is 0 Å². The van der Waals surface area contributed by atoms with E-state index in [1.807, 2.05) is 26.0 Å². The van der Waals surface area contributed by atoms with Crippen LogP contribution in [0, 0.1) is 11.8 Å². The highest BCUT2D eigenvalue weighted by Gasteiger charge is 2.66. The number of carbonyl (C=O) groups is 2. The molecule has 3 fully saturated rings. The molecule has 1 aromatic rings. The second-order valence-electron chi connectivity index (χ2n) is 10.5. The van der Waals surface area contributed by atoms with Crippen molar-refractivity contribution in [2.45, 2.75) is 75.5 Å². The highest BCUT2D eigenvalue weighted by atomic mass is 16.5. The molecule has 4 atom stereocenters.